The predicted molar refractivity (Wildman–Crippen MR) is 114 cm³/mol. The van der Waals surface area contributed by atoms with Crippen LogP contribution in [0.25, 0.3) is 11.5 Å². The van der Waals surface area contributed by atoms with Crippen molar-refractivity contribution in [1.82, 2.24) is 9.29 Å². The molecule has 1 fully saturated rings. The summed E-state index contributed by atoms with van der Waals surface area (Å²) in [5.41, 5.74) is 1.44. The molecule has 0 radical (unpaired) electrons. The van der Waals surface area contributed by atoms with Crippen molar-refractivity contribution in [3.8, 4) is 11.5 Å². The van der Waals surface area contributed by atoms with Gasteiger partial charge in [0.1, 0.15) is 18.1 Å². The van der Waals surface area contributed by atoms with E-state index >= 15 is 0 Å². The number of aromatic nitrogens is 1. The Morgan fingerprint density at radius 3 is 2.32 bits per heavy atom. The van der Waals surface area contributed by atoms with Crippen LogP contribution in [0.2, 0.25) is 0 Å². The maximum absolute atomic E-state index is 12.7. The molecular formula is C23H24N2O5S. The molecule has 0 amide bonds. The van der Waals surface area contributed by atoms with Crippen molar-refractivity contribution in [3.05, 3.63) is 72.1 Å². The van der Waals surface area contributed by atoms with Gasteiger partial charge in [0.05, 0.1) is 10.8 Å². The Balaban J connectivity index is 1.32. The van der Waals surface area contributed by atoms with Crippen molar-refractivity contribution in [2.24, 2.45) is 5.92 Å². The number of sulfonamides is 1. The molecule has 2 aromatic carbocycles. The van der Waals surface area contributed by atoms with Gasteiger partial charge in [-0.1, -0.05) is 36.4 Å². The Morgan fingerprint density at radius 1 is 1.06 bits per heavy atom. The third-order valence-corrected chi connectivity index (χ3v) is 7.35. The first-order valence-electron chi connectivity index (χ1n) is 10.2. The summed E-state index contributed by atoms with van der Waals surface area (Å²) in [4.78, 5) is 17.3. The highest BCUT2D eigenvalue weighted by molar-refractivity contribution is 7.89. The Bertz CT molecular complexity index is 1140. The fourth-order valence-corrected chi connectivity index (χ4v) is 5.09. The van der Waals surface area contributed by atoms with Crippen LogP contribution in [-0.4, -0.2) is 36.8 Å². The molecule has 0 N–H and O–H groups in total. The summed E-state index contributed by atoms with van der Waals surface area (Å²) < 4.78 is 38.0. The number of oxazole rings is 1. The van der Waals surface area contributed by atoms with Gasteiger partial charge in [0.2, 0.25) is 15.9 Å². The number of rotatable bonds is 6. The van der Waals surface area contributed by atoms with Crippen molar-refractivity contribution in [3.63, 3.8) is 0 Å². The number of carbonyl (C=O) groups is 1. The molecule has 3 aromatic rings. The standard InChI is InChI=1S/C23H24N2O5S/c1-17-21(24-22(30-17)18-8-4-2-5-9-18)16-29-23(26)19-12-14-25(15-13-19)31(27,28)20-10-6-3-7-11-20/h2-11,19H,12-16H2,1H3. The zero-order chi connectivity index (χ0) is 21.8. The molecule has 0 bridgehead atoms. The highest BCUT2D eigenvalue weighted by Crippen LogP contribution is 2.26. The predicted octanol–water partition coefficient (Wildman–Crippen LogP) is 3.79. The van der Waals surface area contributed by atoms with Gasteiger partial charge in [0.15, 0.2) is 0 Å². The minimum atomic E-state index is -3.54. The van der Waals surface area contributed by atoms with Gasteiger partial charge >= 0.3 is 5.97 Å². The second-order valence-electron chi connectivity index (χ2n) is 7.49. The van der Waals surface area contributed by atoms with Gasteiger partial charge in [-0.2, -0.15) is 4.31 Å². The number of esters is 1. The highest BCUT2D eigenvalue weighted by Gasteiger charge is 2.32. The number of hydrogen-bond donors (Lipinski definition) is 0. The number of piperidine rings is 1. The van der Waals surface area contributed by atoms with Crippen molar-refractivity contribution in [2.75, 3.05) is 13.1 Å². The van der Waals surface area contributed by atoms with E-state index < -0.39 is 10.0 Å². The Kier molecular flexibility index (Phi) is 6.20. The number of carbonyl (C=O) groups excluding carboxylic acids is 1. The number of benzene rings is 2. The van der Waals surface area contributed by atoms with Gasteiger partial charge in [-0.25, -0.2) is 13.4 Å². The molecule has 0 unspecified atom stereocenters. The summed E-state index contributed by atoms with van der Waals surface area (Å²) in [6.45, 7) is 2.40. The van der Waals surface area contributed by atoms with Crippen molar-refractivity contribution >= 4 is 16.0 Å². The fraction of sp³-hybridized carbons (Fsp3) is 0.304. The average Bonchev–Trinajstić information content (AvgIpc) is 3.19. The maximum atomic E-state index is 12.7. The first-order chi connectivity index (χ1) is 14.9. The summed E-state index contributed by atoms with van der Waals surface area (Å²) in [5, 5.41) is 0. The van der Waals surface area contributed by atoms with E-state index in [1.165, 1.54) is 4.31 Å². The van der Waals surface area contributed by atoms with Crippen molar-refractivity contribution < 1.29 is 22.4 Å². The molecule has 0 saturated carbocycles. The van der Waals surface area contributed by atoms with Gasteiger partial charge in [-0.05, 0) is 44.0 Å². The number of nitrogens with zero attached hydrogens (tertiary/aromatic N) is 2. The lowest BCUT2D eigenvalue weighted by Crippen LogP contribution is -2.40. The second-order valence-corrected chi connectivity index (χ2v) is 9.42. The van der Waals surface area contributed by atoms with Gasteiger partial charge in [0.25, 0.3) is 0 Å². The molecule has 1 aliphatic heterocycles. The summed E-state index contributed by atoms with van der Waals surface area (Å²) >= 11 is 0. The van der Waals surface area contributed by atoms with Crippen LogP contribution < -0.4 is 0 Å². The quantitative estimate of drug-likeness (QED) is 0.542. The minimum absolute atomic E-state index is 0.0313. The lowest BCUT2D eigenvalue weighted by molar-refractivity contribution is -0.151. The van der Waals surface area contributed by atoms with E-state index in [-0.39, 0.29) is 36.5 Å². The zero-order valence-electron chi connectivity index (χ0n) is 17.2. The van der Waals surface area contributed by atoms with E-state index in [1.807, 2.05) is 30.3 Å². The summed E-state index contributed by atoms with van der Waals surface area (Å²) in [5.74, 6) is 0.433. The van der Waals surface area contributed by atoms with E-state index in [2.05, 4.69) is 4.98 Å². The first-order valence-corrected chi connectivity index (χ1v) is 11.6. The molecule has 2 heterocycles. The molecule has 31 heavy (non-hydrogen) atoms. The van der Waals surface area contributed by atoms with Crippen LogP contribution in [0.3, 0.4) is 0 Å². The Hall–Kier alpha value is -2.97. The number of aryl methyl sites for hydroxylation is 1. The van der Waals surface area contributed by atoms with E-state index in [9.17, 15) is 13.2 Å². The molecular weight excluding hydrogens is 416 g/mol. The molecule has 7 nitrogen and oxygen atoms in total. The second kappa shape index (κ2) is 9.03. The van der Waals surface area contributed by atoms with Crippen LogP contribution in [0, 0.1) is 12.8 Å². The number of hydrogen-bond acceptors (Lipinski definition) is 6. The Morgan fingerprint density at radius 2 is 1.68 bits per heavy atom. The van der Waals surface area contributed by atoms with Gasteiger partial charge < -0.3 is 9.15 Å². The molecule has 162 valence electrons. The van der Waals surface area contributed by atoms with E-state index in [0.29, 0.717) is 30.2 Å². The maximum Gasteiger partial charge on any atom is 0.309 e. The van der Waals surface area contributed by atoms with Crippen LogP contribution in [0.5, 0.6) is 0 Å². The molecule has 1 aliphatic rings. The lowest BCUT2D eigenvalue weighted by atomic mass is 9.98. The van der Waals surface area contributed by atoms with Crippen LogP contribution >= 0.6 is 0 Å². The Labute approximate surface area is 181 Å². The first kappa shape index (κ1) is 21.3. The molecule has 1 aromatic heterocycles. The SMILES string of the molecule is Cc1oc(-c2ccccc2)nc1COC(=O)C1CCN(S(=O)(=O)c2ccccc2)CC1. The molecule has 4 rings (SSSR count). The van der Waals surface area contributed by atoms with Crippen LogP contribution in [0.4, 0.5) is 0 Å². The van der Waals surface area contributed by atoms with Gasteiger partial charge in [-0.15, -0.1) is 0 Å². The summed E-state index contributed by atoms with van der Waals surface area (Å²) in [6.07, 6.45) is 0.857. The third kappa shape index (κ3) is 4.70. The minimum Gasteiger partial charge on any atom is -0.459 e. The highest BCUT2D eigenvalue weighted by atomic mass is 32.2. The van der Waals surface area contributed by atoms with Gasteiger partial charge in [0, 0.05) is 18.7 Å². The number of ether oxygens (including phenoxy) is 1. The van der Waals surface area contributed by atoms with Crippen LogP contribution in [0.15, 0.2) is 70.0 Å². The largest absolute Gasteiger partial charge is 0.459 e. The monoisotopic (exact) mass is 440 g/mol. The third-order valence-electron chi connectivity index (χ3n) is 5.43. The summed E-state index contributed by atoms with van der Waals surface area (Å²) in [6, 6.07) is 17.9. The fourth-order valence-electron chi connectivity index (χ4n) is 3.60. The molecule has 0 aliphatic carbocycles. The van der Waals surface area contributed by atoms with E-state index in [0.717, 1.165) is 5.56 Å². The normalized spacial score (nSPS) is 15.6. The summed E-state index contributed by atoms with van der Waals surface area (Å²) in [7, 11) is -3.54. The van der Waals surface area contributed by atoms with Crippen molar-refractivity contribution in [2.45, 2.75) is 31.3 Å². The van der Waals surface area contributed by atoms with Crippen LogP contribution in [-0.2, 0) is 26.2 Å². The van der Waals surface area contributed by atoms with E-state index in [4.69, 9.17) is 9.15 Å². The van der Waals surface area contributed by atoms with Crippen molar-refractivity contribution in [1.29, 1.82) is 0 Å². The molecule has 1 saturated heterocycles. The smallest absolute Gasteiger partial charge is 0.309 e. The molecule has 0 atom stereocenters. The van der Waals surface area contributed by atoms with Gasteiger partial charge in [-0.3, -0.25) is 4.79 Å². The lowest BCUT2D eigenvalue weighted by Gasteiger charge is -2.30. The zero-order valence-corrected chi connectivity index (χ0v) is 18.0. The molecule has 0 spiro atoms. The van der Waals surface area contributed by atoms with E-state index in [1.54, 1.807) is 37.3 Å². The molecule has 8 heteroatoms. The topological polar surface area (TPSA) is 89.7 Å². The average molecular weight is 441 g/mol. The van der Waals surface area contributed by atoms with Crippen LogP contribution in [0.1, 0.15) is 24.3 Å².